The molecule has 0 aromatic carbocycles. The Kier molecular flexibility index (Phi) is 1.65. The summed E-state index contributed by atoms with van der Waals surface area (Å²) in [4.78, 5) is 0. The van der Waals surface area contributed by atoms with Crippen LogP contribution in [0.4, 0.5) is 0 Å². The Morgan fingerprint density at radius 3 is 2.14 bits per heavy atom. The van der Waals surface area contributed by atoms with Gasteiger partial charge in [-0.05, 0) is 0 Å². The third-order valence-corrected chi connectivity index (χ3v) is 0.483. The fourth-order valence-electron chi connectivity index (χ4n) is 0.0577. The zero-order valence-corrected chi connectivity index (χ0v) is 3.94. The first-order valence-corrected chi connectivity index (χ1v) is 2.57. The van der Waals surface area contributed by atoms with Crippen molar-refractivity contribution in [3.05, 3.63) is 0 Å². The number of nitrogens with zero attached hydrogens (tertiary/aromatic N) is 1. The molecule has 0 bridgehead atoms. The molecule has 0 radical (unpaired) electrons. The molecule has 5 nitrogen and oxygen atoms in total. The van der Waals surface area contributed by atoms with E-state index >= 15 is 0 Å². The maximum absolute atomic E-state index is 9.44. The van der Waals surface area contributed by atoms with Crippen molar-refractivity contribution in [2.75, 3.05) is 0 Å². The minimum atomic E-state index is -4.35. The van der Waals surface area contributed by atoms with Crippen LogP contribution in [0.15, 0.2) is 4.40 Å². The van der Waals surface area contributed by atoms with E-state index in [-0.39, 0.29) is 0 Å². The molecule has 0 saturated carbocycles. The summed E-state index contributed by atoms with van der Waals surface area (Å²) in [5.74, 6) is 0. The lowest BCUT2D eigenvalue weighted by molar-refractivity contribution is 0.485. The van der Waals surface area contributed by atoms with E-state index in [0.29, 0.717) is 0 Å². The second kappa shape index (κ2) is 1.83. The van der Waals surface area contributed by atoms with Gasteiger partial charge in [0.2, 0.25) is 0 Å². The predicted octanol–water partition coefficient (Wildman–Crippen LogP) is -0.458. The molecule has 0 atom stereocenters. The lowest BCUT2D eigenvalue weighted by atomic mass is 11.6. The third-order valence-electron chi connectivity index (χ3n) is 0.161. The van der Waals surface area contributed by atoms with Gasteiger partial charge in [0.15, 0.2) is 0 Å². The molecule has 0 aliphatic carbocycles. The fraction of sp³-hybridized carbons (Fsp3) is 0. The van der Waals surface area contributed by atoms with Gasteiger partial charge in [-0.25, -0.2) is 5.41 Å². The second-order valence-corrected chi connectivity index (χ2v) is 1.73. The van der Waals surface area contributed by atoms with Crippen LogP contribution in [-0.2, 0) is 10.3 Å². The quantitative estimate of drug-likeness (QED) is 0.364. The van der Waals surface area contributed by atoms with Crippen LogP contribution >= 0.6 is 0 Å². The molecule has 0 unspecified atom stereocenters. The zero-order valence-electron chi connectivity index (χ0n) is 3.12. The highest BCUT2D eigenvalue weighted by Crippen LogP contribution is 1.75. The van der Waals surface area contributed by atoms with Crippen molar-refractivity contribution in [3.63, 3.8) is 0 Å². The normalized spacial score (nSPS) is 9.86. The summed E-state index contributed by atoms with van der Waals surface area (Å²) in [5.41, 5.74) is 0. The van der Waals surface area contributed by atoms with Gasteiger partial charge in [-0.2, -0.15) is 8.42 Å². The summed E-state index contributed by atoms with van der Waals surface area (Å²) in [7, 11) is -4.35. The molecular weight excluding hydrogens is 120 g/mol. The maximum Gasteiger partial charge on any atom is 0.387 e. The van der Waals surface area contributed by atoms with Crippen molar-refractivity contribution in [1.82, 2.24) is 0 Å². The minimum absolute atomic E-state index is 1.14. The van der Waals surface area contributed by atoms with Crippen LogP contribution in [-0.4, -0.2) is 19.0 Å². The number of hydrogen-bond acceptors (Lipinski definition) is 3. The Morgan fingerprint density at radius 1 is 1.71 bits per heavy atom. The Bertz CT molecular complexity index is 185. The number of hydrogen-bond donors (Lipinski definition) is 2. The van der Waals surface area contributed by atoms with Crippen molar-refractivity contribution in [2.24, 2.45) is 4.40 Å². The van der Waals surface area contributed by atoms with Gasteiger partial charge in [0.1, 0.15) is 6.01 Å². The van der Waals surface area contributed by atoms with Crippen LogP contribution in [0.5, 0.6) is 0 Å². The number of rotatable bonds is 1. The van der Waals surface area contributed by atoms with Gasteiger partial charge in [-0.3, -0.25) is 4.55 Å². The molecule has 0 aromatic rings. The van der Waals surface area contributed by atoms with Crippen molar-refractivity contribution < 1.29 is 13.0 Å². The standard InChI is InChI=1S/CH2N2O3S/c2-1-3-7(4,5)6/h2H,(H,4,5,6). The molecule has 0 spiro atoms. The molecule has 0 saturated heterocycles. The second-order valence-electron chi connectivity index (χ2n) is 0.651. The molecule has 0 aliphatic rings. The van der Waals surface area contributed by atoms with Crippen LogP contribution in [0.1, 0.15) is 0 Å². The van der Waals surface area contributed by atoms with E-state index in [9.17, 15) is 8.42 Å². The Balaban J connectivity index is 4.44. The van der Waals surface area contributed by atoms with Crippen molar-refractivity contribution in [2.45, 2.75) is 0 Å². The molecule has 0 rings (SSSR count). The van der Waals surface area contributed by atoms with E-state index in [0.717, 1.165) is 6.01 Å². The molecule has 0 aliphatic heterocycles. The van der Waals surface area contributed by atoms with Crippen LogP contribution < -0.4 is 0 Å². The van der Waals surface area contributed by atoms with Gasteiger partial charge >= 0.3 is 10.3 Å². The van der Waals surface area contributed by atoms with E-state index in [1.807, 2.05) is 0 Å². The predicted molar refractivity (Wildman–Crippen MR) is 21.7 cm³/mol. The van der Waals surface area contributed by atoms with E-state index in [2.05, 4.69) is 4.40 Å². The average molecular weight is 122 g/mol. The molecule has 0 aromatic heterocycles. The highest BCUT2D eigenvalue weighted by atomic mass is 32.2. The first-order valence-electron chi connectivity index (χ1n) is 1.17. The molecule has 0 heterocycles. The summed E-state index contributed by atoms with van der Waals surface area (Å²) < 4.78 is 28.7. The van der Waals surface area contributed by atoms with Crippen LogP contribution in [0, 0.1) is 5.41 Å². The highest BCUT2D eigenvalue weighted by molar-refractivity contribution is 7.84. The number of nitrogens with one attached hydrogen (secondary N) is 1. The summed E-state index contributed by atoms with van der Waals surface area (Å²) in [6.45, 7) is 0. The minimum Gasteiger partial charge on any atom is -0.267 e. The van der Waals surface area contributed by atoms with Gasteiger partial charge in [0.25, 0.3) is 0 Å². The van der Waals surface area contributed by atoms with E-state index in [1.54, 1.807) is 0 Å². The fourth-order valence-corrected chi connectivity index (χ4v) is 0.173. The molecule has 0 amide bonds. The Morgan fingerprint density at radius 2 is 2.14 bits per heavy atom. The first kappa shape index (κ1) is 6.29. The summed E-state index contributed by atoms with van der Waals surface area (Å²) >= 11 is 0. The first-order chi connectivity index (χ1) is 3.06. The van der Waals surface area contributed by atoms with Gasteiger partial charge in [0.05, 0.1) is 0 Å². The molecule has 40 valence electrons. The lowest BCUT2D eigenvalue weighted by Gasteiger charge is -1.72. The van der Waals surface area contributed by atoms with E-state index in [4.69, 9.17) is 9.96 Å². The van der Waals surface area contributed by atoms with Gasteiger partial charge < -0.3 is 0 Å². The molecule has 0 fully saturated rings. The van der Waals surface area contributed by atoms with Crippen LogP contribution in [0.2, 0.25) is 0 Å². The molecule has 6 heteroatoms. The SMILES string of the molecule is N=C=NS(=O)(=O)O. The maximum atomic E-state index is 9.44. The molecule has 2 N–H and O–H groups in total. The topological polar surface area (TPSA) is 90.6 Å². The van der Waals surface area contributed by atoms with E-state index < -0.39 is 10.3 Å². The Labute approximate surface area is 40.1 Å². The van der Waals surface area contributed by atoms with E-state index in [1.165, 1.54) is 0 Å². The summed E-state index contributed by atoms with van der Waals surface area (Å²) in [6, 6.07) is 1.14. The van der Waals surface area contributed by atoms with Crippen molar-refractivity contribution in [3.8, 4) is 0 Å². The summed E-state index contributed by atoms with van der Waals surface area (Å²) in [6.07, 6.45) is 0. The Hall–Kier alpha value is -0.710. The molecule has 7 heavy (non-hydrogen) atoms. The van der Waals surface area contributed by atoms with Crippen LogP contribution in [0.25, 0.3) is 0 Å². The van der Waals surface area contributed by atoms with Gasteiger partial charge in [-0.1, -0.05) is 4.40 Å². The smallest absolute Gasteiger partial charge is 0.267 e. The van der Waals surface area contributed by atoms with Crippen molar-refractivity contribution in [1.29, 1.82) is 5.41 Å². The van der Waals surface area contributed by atoms with Crippen molar-refractivity contribution >= 4 is 16.3 Å². The van der Waals surface area contributed by atoms with Crippen LogP contribution in [0.3, 0.4) is 0 Å². The van der Waals surface area contributed by atoms with Gasteiger partial charge in [0, 0.05) is 0 Å². The zero-order chi connectivity index (χ0) is 5.91. The van der Waals surface area contributed by atoms with Gasteiger partial charge in [-0.15, -0.1) is 0 Å². The lowest BCUT2D eigenvalue weighted by Crippen LogP contribution is -1.87. The summed E-state index contributed by atoms with van der Waals surface area (Å²) in [5, 5.41) is 5.90. The highest BCUT2D eigenvalue weighted by Gasteiger charge is 1.92. The average Bonchev–Trinajstić information content (AvgIpc) is 1.30. The largest absolute Gasteiger partial charge is 0.387 e. The molecular formula is CH2N2O3S. The third kappa shape index (κ3) is 5.29. The monoisotopic (exact) mass is 122 g/mol.